The molecule has 0 bridgehead atoms. The largest absolute Gasteiger partial charge is 0.481 e. The van der Waals surface area contributed by atoms with E-state index in [-0.39, 0.29) is 24.3 Å². The maximum Gasteiger partial charge on any atom is 0.339 e. The van der Waals surface area contributed by atoms with Gasteiger partial charge in [-0.15, -0.1) is 11.8 Å². The third-order valence-corrected chi connectivity index (χ3v) is 5.57. The van der Waals surface area contributed by atoms with E-state index in [0.717, 1.165) is 4.90 Å². The van der Waals surface area contributed by atoms with Crippen molar-refractivity contribution < 1.29 is 29.0 Å². The molecule has 1 atom stereocenters. The van der Waals surface area contributed by atoms with Gasteiger partial charge in [0.25, 0.3) is 0 Å². The Balaban J connectivity index is 2.06. The number of carbonyl (C=O) groups excluding carboxylic acids is 3. The van der Waals surface area contributed by atoms with E-state index in [1.807, 2.05) is 13.0 Å². The first kappa shape index (κ1) is 23.9. The van der Waals surface area contributed by atoms with Gasteiger partial charge in [0.15, 0.2) is 0 Å². The summed E-state index contributed by atoms with van der Waals surface area (Å²) in [6.45, 7) is 1.88. The number of ether oxygens (including phenoxy) is 1. The molecule has 3 N–H and O–H groups in total. The Bertz CT molecular complexity index is 963. The molecule has 0 heterocycles. The molecule has 8 nitrogen and oxygen atoms in total. The average Bonchev–Trinajstić information content (AvgIpc) is 2.76. The van der Waals surface area contributed by atoms with E-state index in [1.165, 1.54) is 18.9 Å². The molecule has 31 heavy (non-hydrogen) atoms. The molecule has 2 amide bonds. The maximum absolute atomic E-state index is 12.8. The molecule has 0 aliphatic rings. The van der Waals surface area contributed by atoms with E-state index in [9.17, 15) is 19.2 Å². The standard InChI is InChI=1S/C22H24N2O6S/c1-3-18(21(28)24-17-10-5-4-9-16(17)22(29)30-2)31-15-8-6-7-14(13-15)23-19(25)11-12-20(26)27/h4-10,13,18H,3,11-12H2,1-2H3,(H,23,25)(H,24,28)(H,26,27). The molecule has 0 aliphatic heterocycles. The van der Waals surface area contributed by atoms with Gasteiger partial charge in [-0.2, -0.15) is 0 Å². The number of hydrogen-bond acceptors (Lipinski definition) is 6. The number of carboxylic acid groups (broad SMARTS) is 1. The van der Waals surface area contributed by atoms with Gasteiger partial charge >= 0.3 is 11.9 Å². The molecule has 0 aromatic heterocycles. The molecule has 0 spiro atoms. The minimum atomic E-state index is -1.04. The van der Waals surface area contributed by atoms with Crippen LogP contribution in [0.15, 0.2) is 53.4 Å². The number of thioether (sulfide) groups is 1. The second-order valence-electron chi connectivity index (χ2n) is 6.51. The lowest BCUT2D eigenvalue weighted by atomic mass is 10.1. The van der Waals surface area contributed by atoms with Crippen LogP contribution < -0.4 is 10.6 Å². The van der Waals surface area contributed by atoms with Gasteiger partial charge in [0.05, 0.1) is 30.0 Å². The van der Waals surface area contributed by atoms with E-state index in [1.54, 1.807) is 42.5 Å². The van der Waals surface area contributed by atoms with Crippen LogP contribution in [0.25, 0.3) is 0 Å². The Morgan fingerprint density at radius 1 is 1.03 bits per heavy atom. The lowest BCUT2D eigenvalue weighted by Gasteiger charge is -2.16. The number of anilines is 2. The van der Waals surface area contributed by atoms with Gasteiger partial charge in [0.2, 0.25) is 11.8 Å². The molecule has 1 unspecified atom stereocenters. The highest BCUT2D eigenvalue weighted by atomic mass is 32.2. The highest BCUT2D eigenvalue weighted by molar-refractivity contribution is 8.00. The van der Waals surface area contributed by atoms with E-state index in [2.05, 4.69) is 10.6 Å². The molecule has 0 saturated heterocycles. The van der Waals surface area contributed by atoms with E-state index in [4.69, 9.17) is 9.84 Å². The third-order valence-electron chi connectivity index (χ3n) is 4.22. The summed E-state index contributed by atoms with van der Waals surface area (Å²) in [4.78, 5) is 47.9. The number of benzene rings is 2. The van der Waals surface area contributed by atoms with Crippen molar-refractivity contribution in [1.29, 1.82) is 0 Å². The van der Waals surface area contributed by atoms with Crippen molar-refractivity contribution in [3.63, 3.8) is 0 Å². The Morgan fingerprint density at radius 3 is 2.45 bits per heavy atom. The topological polar surface area (TPSA) is 122 Å². The fourth-order valence-corrected chi connectivity index (χ4v) is 3.68. The predicted octanol–water partition coefficient (Wildman–Crippen LogP) is 3.79. The van der Waals surface area contributed by atoms with Crippen molar-refractivity contribution >= 4 is 46.9 Å². The van der Waals surface area contributed by atoms with E-state index < -0.39 is 23.1 Å². The zero-order valence-corrected chi connectivity index (χ0v) is 18.0. The Hall–Kier alpha value is -3.33. The zero-order chi connectivity index (χ0) is 22.8. The summed E-state index contributed by atoms with van der Waals surface area (Å²) in [5, 5.41) is 13.7. The summed E-state index contributed by atoms with van der Waals surface area (Å²) in [6, 6.07) is 13.6. The maximum atomic E-state index is 12.8. The van der Waals surface area contributed by atoms with E-state index in [0.29, 0.717) is 17.8 Å². The van der Waals surface area contributed by atoms with Crippen LogP contribution in [-0.4, -0.2) is 41.2 Å². The summed E-state index contributed by atoms with van der Waals surface area (Å²) < 4.78 is 4.75. The number of aliphatic carboxylic acids is 1. The predicted molar refractivity (Wildman–Crippen MR) is 118 cm³/mol. The quantitative estimate of drug-likeness (QED) is 0.376. The summed E-state index contributed by atoms with van der Waals surface area (Å²) in [5.74, 6) is -2.23. The van der Waals surface area contributed by atoms with Crippen molar-refractivity contribution in [1.82, 2.24) is 0 Å². The van der Waals surface area contributed by atoms with Crippen molar-refractivity contribution in [3.05, 3.63) is 54.1 Å². The summed E-state index contributed by atoms with van der Waals surface area (Å²) >= 11 is 1.32. The second kappa shape index (κ2) is 11.8. The van der Waals surface area contributed by atoms with E-state index >= 15 is 0 Å². The first-order valence-corrected chi connectivity index (χ1v) is 10.5. The minimum absolute atomic E-state index is 0.119. The van der Waals surface area contributed by atoms with Crippen LogP contribution >= 0.6 is 11.8 Å². The molecular weight excluding hydrogens is 420 g/mol. The molecule has 2 rings (SSSR count). The molecule has 0 radical (unpaired) electrons. The van der Waals surface area contributed by atoms with Crippen molar-refractivity contribution in [2.75, 3.05) is 17.7 Å². The number of para-hydroxylation sites is 1. The zero-order valence-electron chi connectivity index (χ0n) is 17.2. The molecular formula is C22H24N2O6S. The van der Waals surface area contributed by atoms with Gasteiger partial charge in [-0.1, -0.05) is 25.1 Å². The van der Waals surface area contributed by atoms with Crippen LogP contribution in [0.3, 0.4) is 0 Å². The van der Waals surface area contributed by atoms with Crippen molar-refractivity contribution in [3.8, 4) is 0 Å². The molecule has 2 aromatic rings. The van der Waals surface area contributed by atoms with Gasteiger partial charge < -0.3 is 20.5 Å². The number of amides is 2. The summed E-state index contributed by atoms with van der Waals surface area (Å²) in [6.07, 6.45) is 0.170. The average molecular weight is 445 g/mol. The number of hydrogen-bond donors (Lipinski definition) is 3. The molecule has 2 aromatic carbocycles. The summed E-state index contributed by atoms with van der Waals surface area (Å²) in [5.41, 5.74) is 1.16. The Kier molecular flexibility index (Phi) is 9.08. The highest BCUT2D eigenvalue weighted by Crippen LogP contribution is 2.29. The van der Waals surface area contributed by atoms with Gasteiger partial charge in [-0.05, 0) is 36.8 Å². The van der Waals surface area contributed by atoms with Crippen molar-refractivity contribution in [2.45, 2.75) is 36.3 Å². The third kappa shape index (κ3) is 7.45. The van der Waals surface area contributed by atoms with Crippen LogP contribution in [0.5, 0.6) is 0 Å². The molecule has 0 saturated carbocycles. The molecule has 164 valence electrons. The molecule has 9 heteroatoms. The number of nitrogens with one attached hydrogen (secondary N) is 2. The normalized spacial score (nSPS) is 11.3. The van der Waals surface area contributed by atoms with Gasteiger partial charge in [0.1, 0.15) is 0 Å². The Morgan fingerprint density at radius 2 is 1.77 bits per heavy atom. The minimum Gasteiger partial charge on any atom is -0.481 e. The van der Waals surface area contributed by atoms with Gasteiger partial charge in [-0.3, -0.25) is 14.4 Å². The fourth-order valence-electron chi connectivity index (χ4n) is 2.67. The number of methoxy groups -OCH3 is 1. The Labute approximate surface area is 184 Å². The second-order valence-corrected chi connectivity index (χ2v) is 7.79. The molecule has 0 fully saturated rings. The molecule has 0 aliphatic carbocycles. The monoisotopic (exact) mass is 444 g/mol. The number of rotatable bonds is 10. The first-order chi connectivity index (χ1) is 14.8. The van der Waals surface area contributed by atoms with Crippen LogP contribution in [0, 0.1) is 0 Å². The highest BCUT2D eigenvalue weighted by Gasteiger charge is 2.21. The first-order valence-electron chi connectivity index (χ1n) is 9.60. The van der Waals surface area contributed by atoms with Gasteiger partial charge in [-0.25, -0.2) is 4.79 Å². The summed E-state index contributed by atoms with van der Waals surface area (Å²) in [7, 11) is 1.28. The number of carboxylic acids is 1. The van der Waals surface area contributed by atoms with Gasteiger partial charge in [0, 0.05) is 17.0 Å². The fraction of sp³-hybridized carbons (Fsp3) is 0.273. The lowest BCUT2D eigenvalue weighted by Crippen LogP contribution is -2.25. The number of esters is 1. The smallest absolute Gasteiger partial charge is 0.339 e. The van der Waals surface area contributed by atoms with Crippen LogP contribution in [0.1, 0.15) is 36.5 Å². The van der Waals surface area contributed by atoms with Crippen LogP contribution in [0.2, 0.25) is 0 Å². The van der Waals surface area contributed by atoms with Crippen molar-refractivity contribution in [2.24, 2.45) is 0 Å². The van der Waals surface area contributed by atoms with Crippen LogP contribution in [-0.2, 0) is 19.1 Å². The number of carbonyl (C=O) groups is 4. The lowest BCUT2D eigenvalue weighted by molar-refractivity contribution is -0.138. The van der Waals surface area contributed by atoms with Crippen LogP contribution in [0.4, 0.5) is 11.4 Å². The SMILES string of the molecule is CCC(Sc1cccc(NC(=O)CCC(=O)O)c1)C(=O)Nc1ccccc1C(=O)OC.